The van der Waals surface area contributed by atoms with Crippen LogP contribution in [0.15, 0.2) is 73.3 Å². The Bertz CT molecular complexity index is 1710. The summed E-state index contributed by atoms with van der Waals surface area (Å²) in [6.07, 6.45) is 12.9. The Labute approximate surface area is 220 Å². The molecule has 0 unspecified atom stereocenters. The van der Waals surface area contributed by atoms with Gasteiger partial charge in [0.1, 0.15) is 5.69 Å². The number of aromatic nitrogens is 7. The van der Waals surface area contributed by atoms with Crippen molar-refractivity contribution in [3.63, 3.8) is 0 Å². The smallest absolute Gasteiger partial charge is 0.159 e. The fourth-order valence-electron chi connectivity index (χ4n) is 5.49. The van der Waals surface area contributed by atoms with Gasteiger partial charge < -0.3 is 10.3 Å². The van der Waals surface area contributed by atoms with Crippen LogP contribution < -0.4 is 5.32 Å². The zero-order valence-electron chi connectivity index (χ0n) is 21.0. The number of aromatic amines is 2. The van der Waals surface area contributed by atoms with Crippen LogP contribution in [0.4, 0.5) is 0 Å². The third-order valence-electron chi connectivity index (χ3n) is 7.45. The topological polar surface area (TPSA) is 108 Å². The van der Waals surface area contributed by atoms with Gasteiger partial charge in [-0.25, -0.2) is 4.98 Å². The van der Waals surface area contributed by atoms with Gasteiger partial charge in [-0.2, -0.15) is 5.10 Å². The SMILES string of the molecule is c1ccc(-c2cccc3[nH]c(-c4n[nH]c5cnc(-c6cncc(CNCC7CCCC7)c6)cc45)nc23)nc1. The Morgan fingerprint density at radius 3 is 2.74 bits per heavy atom. The van der Waals surface area contributed by atoms with Gasteiger partial charge in [0.25, 0.3) is 0 Å². The Kier molecular flexibility index (Phi) is 5.86. The average Bonchev–Trinajstić information content (AvgIpc) is 3.73. The van der Waals surface area contributed by atoms with Crippen LogP contribution in [0.25, 0.3) is 56.0 Å². The molecule has 6 aromatic rings. The van der Waals surface area contributed by atoms with Crippen molar-refractivity contribution < 1.29 is 0 Å². The molecule has 0 atom stereocenters. The normalized spacial score (nSPS) is 14.1. The maximum Gasteiger partial charge on any atom is 0.159 e. The molecule has 0 saturated heterocycles. The maximum absolute atomic E-state index is 4.95. The minimum atomic E-state index is 0.703. The van der Waals surface area contributed by atoms with Crippen LogP contribution in [-0.2, 0) is 6.54 Å². The summed E-state index contributed by atoms with van der Waals surface area (Å²) in [5, 5.41) is 12.3. The summed E-state index contributed by atoms with van der Waals surface area (Å²) in [4.78, 5) is 22.1. The maximum atomic E-state index is 4.95. The number of pyridine rings is 3. The number of imidazole rings is 1. The highest BCUT2D eigenvalue weighted by Gasteiger charge is 2.17. The first-order chi connectivity index (χ1) is 18.8. The van der Waals surface area contributed by atoms with Crippen molar-refractivity contribution >= 4 is 21.9 Å². The number of para-hydroxylation sites is 1. The van der Waals surface area contributed by atoms with Crippen LogP contribution in [0.1, 0.15) is 31.2 Å². The fraction of sp³-hybridized carbons (Fsp3) is 0.233. The summed E-state index contributed by atoms with van der Waals surface area (Å²) in [5.74, 6) is 1.52. The number of hydrogen-bond acceptors (Lipinski definition) is 6. The summed E-state index contributed by atoms with van der Waals surface area (Å²) in [6.45, 7) is 1.89. The van der Waals surface area contributed by atoms with Gasteiger partial charge in [0.05, 0.1) is 34.1 Å². The fourth-order valence-corrected chi connectivity index (χ4v) is 5.49. The third-order valence-corrected chi connectivity index (χ3v) is 7.45. The van der Waals surface area contributed by atoms with E-state index in [1.54, 1.807) is 6.20 Å². The van der Waals surface area contributed by atoms with Crippen LogP contribution in [0.2, 0.25) is 0 Å². The monoisotopic (exact) mass is 500 g/mol. The lowest BCUT2D eigenvalue weighted by Gasteiger charge is -2.11. The van der Waals surface area contributed by atoms with E-state index in [4.69, 9.17) is 9.97 Å². The van der Waals surface area contributed by atoms with Gasteiger partial charge in [0, 0.05) is 41.6 Å². The van der Waals surface area contributed by atoms with Gasteiger partial charge in [-0.1, -0.05) is 31.0 Å². The molecule has 5 aromatic heterocycles. The highest BCUT2D eigenvalue weighted by atomic mass is 15.1. The number of rotatable bonds is 7. The van der Waals surface area contributed by atoms with E-state index >= 15 is 0 Å². The van der Waals surface area contributed by atoms with E-state index in [2.05, 4.69) is 42.6 Å². The molecular formula is C30H28N8. The highest BCUT2D eigenvalue weighted by molar-refractivity contribution is 5.97. The predicted molar refractivity (Wildman–Crippen MR) is 149 cm³/mol. The van der Waals surface area contributed by atoms with Crippen LogP contribution in [0.5, 0.6) is 0 Å². The number of hydrogen-bond donors (Lipinski definition) is 3. The lowest BCUT2D eigenvalue weighted by Crippen LogP contribution is -2.20. The van der Waals surface area contributed by atoms with E-state index in [1.165, 1.54) is 25.7 Å². The first kappa shape index (κ1) is 22.7. The number of nitrogens with one attached hydrogen (secondary N) is 3. The zero-order chi connectivity index (χ0) is 25.3. The number of nitrogens with zero attached hydrogens (tertiary/aromatic N) is 5. The van der Waals surface area contributed by atoms with E-state index in [0.29, 0.717) is 5.82 Å². The Balaban J connectivity index is 1.20. The van der Waals surface area contributed by atoms with Gasteiger partial charge >= 0.3 is 0 Å². The molecule has 1 saturated carbocycles. The van der Waals surface area contributed by atoms with Crippen molar-refractivity contribution in [1.82, 2.24) is 40.4 Å². The number of benzene rings is 1. The molecule has 3 N–H and O–H groups in total. The van der Waals surface area contributed by atoms with Crippen molar-refractivity contribution in [2.75, 3.05) is 6.54 Å². The average molecular weight is 501 g/mol. The van der Waals surface area contributed by atoms with Crippen LogP contribution in [0, 0.1) is 5.92 Å². The van der Waals surface area contributed by atoms with Crippen LogP contribution >= 0.6 is 0 Å². The van der Waals surface area contributed by atoms with Crippen molar-refractivity contribution in [3.05, 3.63) is 78.9 Å². The molecular weight excluding hydrogens is 472 g/mol. The summed E-state index contributed by atoms with van der Waals surface area (Å²) < 4.78 is 0. The molecule has 1 aliphatic carbocycles. The predicted octanol–water partition coefficient (Wildman–Crippen LogP) is 5.91. The standard InChI is InChI=1S/C30H28N8/c1-2-7-19(6-1)14-31-15-20-12-21(17-32-16-20)26-13-23-27(18-34-26)37-38-29(23)30-35-25-10-5-8-22(28(25)36-30)24-9-3-4-11-33-24/h3-5,8-13,16-19,31H,1-2,6-7,14-15H2,(H,35,36)(H,37,38). The van der Waals surface area contributed by atoms with E-state index in [0.717, 1.165) is 74.7 Å². The largest absolute Gasteiger partial charge is 0.337 e. The summed E-state index contributed by atoms with van der Waals surface area (Å²) in [7, 11) is 0. The Hall–Kier alpha value is -4.43. The molecule has 0 aliphatic heterocycles. The second-order valence-corrected chi connectivity index (χ2v) is 10.1. The summed E-state index contributed by atoms with van der Waals surface area (Å²) in [5.41, 5.74) is 8.30. The second-order valence-electron chi connectivity index (χ2n) is 10.1. The molecule has 0 bridgehead atoms. The van der Waals surface area contributed by atoms with Gasteiger partial charge in [0.15, 0.2) is 5.82 Å². The zero-order valence-corrected chi connectivity index (χ0v) is 21.0. The number of H-pyrrole nitrogens is 2. The Morgan fingerprint density at radius 1 is 0.895 bits per heavy atom. The highest BCUT2D eigenvalue weighted by Crippen LogP contribution is 2.32. The van der Waals surface area contributed by atoms with Crippen molar-refractivity contribution in [3.8, 4) is 34.0 Å². The Morgan fingerprint density at radius 2 is 1.84 bits per heavy atom. The molecule has 188 valence electrons. The van der Waals surface area contributed by atoms with Crippen molar-refractivity contribution in [2.45, 2.75) is 32.2 Å². The molecule has 8 heteroatoms. The lowest BCUT2D eigenvalue weighted by atomic mass is 10.1. The molecule has 0 spiro atoms. The third kappa shape index (κ3) is 4.33. The lowest BCUT2D eigenvalue weighted by molar-refractivity contribution is 0.489. The molecule has 0 radical (unpaired) electrons. The molecule has 1 fully saturated rings. The molecule has 5 heterocycles. The summed E-state index contributed by atoms with van der Waals surface area (Å²) >= 11 is 0. The van der Waals surface area contributed by atoms with Gasteiger partial charge in [-0.3, -0.25) is 20.1 Å². The van der Waals surface area contributed by atoms with Gasteiger partial charge in [0.2, 0.25) is 0 Å². The second kappa shape index (κ2) is 9.79. The minimum Gasteiger partial charge on any atom is -0.337 e. The van der Waals surface area contributed by atoms with Crippen molar-refractivity contribution in [2.24, 2.45) is 5.92 Å². The molecule has 1 aromatic carbocycles. The van der Waals surface area contributed by atoms with Gasteiger partial charge in [-0.15, -0.1) is 0 Å². The number of fused-ring (bicyclic) bond motifs is 2. The van der Waals surface area contributed by atoms with Crippen molar-refractivity contribution in [1.29, 1.82) is 0 Å². The first-order valence-corrected chi connectivity index (χ1v) is 13.2. The van der Waals surface area contributed by atoms with Crippen LogP contribution in [0.3, 0.4) is 0 Å². The molecule has 1 aliphatic rings. The van der Waals surface area contributed by atoms with Gasteiger partial charge in [-0.05, 0) is 61.2 Å². The first-order valence-electron chi connectivity index (χ1n) is 13.2. The van der Waals surface area contributed by atoms with E-state index in [1.807, 2.05) is 55.0 Å². The van der Waals surface area contributed by atoms with Crippen LogP contribution in [-0.4, -0.2) is 41.7 Å². The quantitative estimate of drug-likeness (QED) is 0.252. The van der Waals surface area contributed by atoms with E-state index in [-0.39, 0.29) is 0 Å². The van der Waals surface area contributed by atoms with E-state index < -0.39 is 0 Å². The van der Waals surface area contributed by atoms with E-state index in [9.17, 15) is 0 Å². The summed E-state index contributed by atoms with van der Waals surface area (Å²) in [6, 6.07) is 16.2. The minimum absolute atomic E-state index is 0.703. The molecule has 0 amide bonds. The molecule has 7 rings (SSSR count). The molecule has 38 heavy (non-hydrogen) atoms. The molecule has 8 nitrogen and oxygen atoms in total.